The first-order valence-electron chi connectivity index (χ1n) is 3.30. The molecule has 1 N–H and O–H groups in total. The lowest BCUT2D eigenvalue weighted by atomic mass is 10.2. The zero-order valence-corrected chi connectivity index (χ0v) is 6.74. The molecule has 0 bridgehead atoms. The van der Waals surface area contributed by atoms with Gasteiger partial charge in [-0.15, -0.1) is 0 Å². The van der Waals surface area contributed by atoms with E-state index in [4.69, 9.17) is 11.6 Å². The van der Waals surface area contributed by atoms with Crippen LogP contribution in [0.15, 0.2) is 12.1 Å². The number of imidazole rings is 1. The zero-order chi connectivity index (χ0) is 7.84. The first kappa shape index (κ1) is 6.68. The Morgan fingerprint density at radius 3 is 3.18 bits per heavy atom. The summed E-state index contributed by atoms with van der Waals surface area (Å²) in [4.78, 5) is 6.83. The van der Waals surface area contributed by atoms with Crippen LogP contribution >= 0.6 is 11.6 Å². The Balaban J connectivity index is 2.93. The molecule has 1 aromatic heterocycles. The second-order valence-corrected chi connectivity index (χ2v) is 2.82. The van der Waals surface area contributed by atoms with Gasteiger partial charge in [0.05, 0.1) is 10.5 Å². The lowest BCUT2D eigenvalue weighted by molar-refractivity contribution is 1.32. The van der Waals surface area contributed by atoms with Gasteiger partial charge in [-0.1, -0.05) is 17.7 Å². The molecule has 0 aliphatic rings. The highest BCUT2D eigenvalue weighted by Gasteiger charge is 2.02. The molecule has 0 aliphatic carbocycles. The van der Waals surface area contributed by atoms with Crippen LogP contribution in [0.4, 0.5) is 0 Å². The predicted molar refractivity (Wildman–Crippen MR) is 44.7 cm³/mol. The Hall–Kier alpha value is -1.02. The third-order valence-corrected chi connectivity index (χ3v) is 2.14. The van der Waals surface area contributed by atoms with E-state index in [1.807, 2.05) is 19.1 Å². The van der Waals surface area contributed by atoms with Gasteiger partial charge in [-0.2, -0.15) is 0 Å². The van der Waals surface area contributed by atoms with Gasteiger partial charge in [0.25, 0.3) is 0 Å². The van der Waals surface area contributed by atoms with E-state index in [0.717, 1.165) is 16.6 Å². The summed E-state index contributed by atoms with van der Waals surface area (Å²) in [5, 5.41) is 0.708. The number of aromatic amines is 1. The Morgan fingerprint density at radius 2 is 2.36 bits per heavy atom. The van der Waals surface area contributed by atoms with Crippen molar-refractivity contribution in [2.75, 3.05) is 0 Å². The molecule has 2 aromatic rings. The van der Waals surface area contributed by atoms with Crippen LogP contribution in [0.2, 0.25) is 5.02 Å². The highest BCUT2D eigenvalue weighted by atomic mass is 35.5. The third kappa shape index (κ3) is 0.906. The largest absolute Gasteiger partial charge is 0.335 e. The summed E-state index contributed by atoms with van der Waals surface area (Å²) in [6.45, 7) is 1.95. The molecular weight excluding hydrogens is 160 g/mol. The number of H-pyrrole nitrogens is 1. The topological polar surface area (TPSA) is 28.7 Å². The molecular formula is C8H6ClN2. The molecule has 0 saturated carbocycles. The summed E-state index contributed by atoms with van der Waals surface area (Å²) >= 11 is 5.96. The van der Waals surface area contributed by atoms with Crippen LogP contribution in [0.3, 0.4) is 0 Å². The molecule has 3 heteroatoms. The first-order valence-corrected chi connectivity index (χ1v) is 3.67. The number of hydrogen-bond donors (Lipinski definition) is 1. The Morgan fingerprint density at radius 1 is 1.55 bits per heavy atom. The zero-order valence-electron chi connectivity index (χ0n) is 5.98. The average molecular weight is 166 g/mol. The van der Waals surface area contributed by atoms with Gasteiger partial charge in [-0.05, 0) is 18.6 Å². The SMILES string of the molecule is Cc1ccc2[nH][c]nc2c1Cl. The Kier molecular flexibility index (Phi) is 1.36. The van der Waals surface area contributed by atoms with Crippen molar-refractivity contribution in [3.8, 4) is 0 Å². The average Bonchev–Trinajstić information content (AvgIpc) is 2.45. The van der Waals surface area contributed by atoms with Gasteiger partial charge in [0.2, 0.25) is 0 Å². The normalized spacial score (nSPS) is 10.7. The number of nitrogens with one attached hydrogen (secondary N) is 1. The van der Waals surface area contributed by atoms with Gasteiger partial charge in [0.15, 0.2) is 6.33 Å². The van der Waals surface area contributed by atoms with Crippen molar-refractivity contribution in [2.24, 2.45) is 0 Å². The molecule has 0 fully saturated rings. The van der Waals surface area contributed by atoms with Crippen molar-refractivity contribution in [3.05, 3.63) is 29.0 Å². The number of rotatable bonds is 0. The number of benzene rings is 1. The minimum atomic E-state index is 0.708. The molecule has 2 nitrogen and oxygen atoms in total. The van der Waals surface area contributed by atoms with Crippen molar-refractivity contribution in [1.29, 1.82) is 0 Å². The van der Waals surface area contributed by atoms with Crippen molar-refractivity contribution in [2.45, 2.75) is 6.92 Å². The van der Waals surface area contributed by atoms with Gasteiger partial charge >= 0.3 is 0 Å². The van der Waals surface area contributed by atoms with Crippen LogP contribution in [0.5, 0.6) is 0 Å². The number of nitrogens with zero attached hydrogens (tertiary/aromatic N) is 1. The number of aromatic nitrogens is 2. The lowest BCUT2D eigenvalue weighted by Gasteiger charge is -1.95. The second-order valence-electron chi connectivity index (χ2n) is 2.44. The quantitative estimate of drug-likeness (QED) is 0.638. The van der Waals surface area contributed by atoms with Gasteiger partial charge < -0.3 is 4.98 Å². The fraction of sp³-hybridized carbons (Fsp3) is 0.125. The van der Waals surface area contributed by atoms with Gasteiger partial charge in [0, 0.05) is 0 Å². The van der Waals surface area contributed by atoms with Crippen molar-refractivity contribution >= 4 is 22.6 Å². The van der Waals surface area contributed by atoms with Crippen LogP contribution in [0, 0.1) is 13.3 Å². The minimum Gasteiger partial charge on any atom is -0.335 e. The summed E-state index contributed by atoms with van der Waals surface area (Å²) in [6.07, 6.45) is 2.65. The summed E-state index contributed by atoms with van der Waals surface area (Å²) in [5.41, 5.74) is 2.77. The van der Waals surface area contributed by atoms with E-state index in [1.54, 1.807) is 0 Å². The molecule has 55 valence electrons. The number of aryl methyl sites for hydroxylation is 1. The highest BCUT2D eigenvalue weighted by Crippen LogP contribution is 2.23. The molecule has 1 aromatic carbocycles. The summed E-state index contributed by atoms with van der Waals surface area (Å²) in [7, 11) is 0. The molecule has 1 heterocycles. The first-order chi connectivity index (χ1) is 5.29. The molecule has 0 unspecified atom stereocenters. The number of halogens is 1. The molecule has 1 radical (unpaired) electrons. The Labute approximate surface area is 69.2 Å². The van der Waals surface area contributed by atoms with E-state index in [-0.39, 0.29) is 0 Å². The van der Waals surface area contributed by atoms with Gasteiger partial charge in [-0.3, -0.25) is 0 Å². The standard InChI is InChI=1S/C8H6ClN2/c1-5-2-3-6-8(7(5)9)11-4-10-6/h2-3H,1H3,(H,10,11). The van der Waals surface area contributed by atoms with Crippen LogP contribution in [0.1, 0.15) is 5.56 Å². The van der Waals surface area contributed by atoms with Gasteiger partial charge in [-0.25, -0.2) is 4.98 Å². The molecule has 0 atom stereocenters. The number of fused-ring (bicyclic) bond motifs is 1. The van der Waals surface area contributed by atoms with E-state index in [2.05, 4.69) is 16.3 Å². The van der Waals surface area contributed by atoms with Crippen LogP contribution < -0.4 is 0 Å². The molecule has 0 aliphatic heterocycles. The summed E-state index contributed by atoms with van der Waals surface area (Å²) < 4.78 is 0. The molecule has 0 amide bonds. The van der Waals surface area contributed by atoms with Crippen molar-refractivity contribution < 1.29 is 0 Å². The fourth-order valence-electron chi connectivity index (χ4n) is 1.02. The molecule has 11 heavy (non-hydrogen) atoms. The van der Waals surface area contributed by atoms with Crippen LogP contribution in [-0.2, 0) is 0 Å². The van der Waals surface area contributed by atoms with E-state index in [1.165, 1.54) is 0 Å². The van der Waals surface area contributed by atoms with E-state index in [0.29, 0.717) is 5.02 Å². The van der Waals surface area contributed by atoms with E-state index >= 15 is 0 Å². The van der Waals surface area contributed by atoms with Crippen molar-refractivity contribution in [3.63, 3.8) is 0 Å². The van der Waals surface area contributed by atoms with E-state index in [9.17, 15) is 0 Å². The molecule has 0 saturated heterocycles. The smallest absolute Gasteiger partial charge is 0.174 e. The maximum atomic E-state index is 5.96. The third-order valence-electron chi connectivity index (χ3n) is 1.67. The van der Waals surface area contributed by atoms with Gasteiger partial charge in [0.1, 0.15) is 5.52 Å². The molecule has 0 spiro atoms. The highest BCUT2D eigenvalue weighted by molar-refractivity contribution is 6.35. The van der Waals surface area contributed by atoms with Crippen LogP contribution in [-0.4, -0.2) is 9.97 Å². The van der Waals surface area contributed by atoms with Crippen molar-refractivity contribution in [1.82, 2.24) is 9.97 Å². The minimum absolute atomic E-state index is 0.708. The second kappa shape index (κ2) is 2.24. The fourth-order valence-corrected chi connectivity index (χ4v) is 1.23. The predicted octanol–water partition coefficient (Wildman–Crippen LogP) is 2.32. The number of hydrogen-bond acceptors (Lipinski definition) is 1. The van der Waals surface area contributed by atoms with Crippen LogP contribution in [0.25, 0.3) is 11.0 Å². The maximum Gasteiger partial charge on any atom is 0.174 e. The maximum absolute atomic E-state index is 5.96. The summed E-state index contributed by atoms with van der Waals surface area (Å²) in [6, 6.07) is 3.90. The monoisotopic (exact) mass is 165 g/mol. The Bertz CT molecular complexity index is 392. The van der Waals surface area contributed by atoms with E-state index < -0.39 is 0 Å². The molecule has 2 rings (SSSR count). The summed E-state index contributed by atoms with van der Waals surface area (Å²) in [5.74, 6) is 0. The lowest BCUT2D eigenvalue weighted by Crippen LogP contribution is -1.76.